The first-order chi connectivity index (χ1) is 17.1. The summed E-state index contributed by atoms with van der Waals surface area (Å²) in [5.41, 5.74) is 1.29. The van der Waals surface area contributed by atoms with Crippen molar-refractivity contribution >= 4 is 50.1 Å². The Labute approximate surface area is 214 Å². The zero-order chi connectivity index (χ0) is 26.6. The van der Waals surface area contributed by atoms with Gasteiger partial charge in [0.2, 0.25) is 15.9 Å². The van der Waals surface area contributed by atoms with Crippen LogP contribution in [0.25, 0.3) is 11.0 Å². The summed E-state index contributed by atoms with van der Waals surface area (Å²) >= 11 is 1.21. The molecule has 11 nitrogen and oxygen atoms in total. The molecule has 3 aromatic rings. The van der Waals surface area contributed by atoms with E-state index >= 15 is 0 Å². The van der Waals surface area contributed by atoms with Gasteiger partial charge in [-0.05, 0) is 38.1 Å². The molecule has 0 aliphatic heterocycles. The molecule has 1 aromatic heterocycles. The van der Waals surface area contributed by atoms with E-state index in [1.165, 1.54) is 41.4 Å². The molecular weight excluding hydrogens is 506 g/mol. The first kappa shape index (κ1) is 27.4. The summed E-state index contributed by atoms with van der Waals surface area (Å²) in [5, 5.41) is 13.8. The first-order valence-corrected chi connectivity index (χ1v) is 13.7. The van der Waals surface area contributed by atoms with Crippen LogP contribution >= 0.6 is 11.8 Å². The Hall–Kier alpha value is -3.16. The Kier molecular flexibility index (Phi) is 8.59. The molecule has 1 amide bonds. The van der Waals surface area contributed by atoms with Crippen molar-refractivity contribution in [2.24, 2.45) is 0 Å². The van der Waals surface area contributed by atoms with Gasteiger partial charge in [-0.15, -0.1) is 0 Å². The number of nitrogens with zero attached hydrogens (tertiary/aromatic N) is 4. The average Bonchev–Trinajstić information content (AvgIpc) is 3.20. The number of fused-ring (bicyclic) bond motifs is 1. The summed E-state index contributed by atoms with van der Waals surface area (Å²) in [4.78, 5) is 28.3. The van der Waals surface area contributed by atoms with Crippen LogP contribution in [0.2, 0.25) is 0 Å². The summed E-state index contributed by atoms with van der Waals surface area (Å²) in [6, 6.07) is 8.82. The van der Waals surface area contributed by atoms with E-state index in [0.717, 1.165) is 5.52 Å². The fourth-order valence-corrected chi connectivity index (χ4v) is 6.18. The molecule has 0 spiro atoms. The average molecular weight is 536 g/mol. The molecule has 0 radical (unpaired) electrons. The number of aryl methyl sites for hydroxylation is 1. The quantitative estimate of drug-likeness (QED) is 0.220. The lowest BCUT2D eigenvalue weighted by molar-refractivity contribution is -0.384. The highest BCUT2D eigenvalue weighted by molar-refractivity contribution is 8.00. The number of ether oxygens (including phenoxy) is 1. The summed E-state index contributed by atoms with van der Waals surface area (Å²) in [6.45, 7) is 8.50. The van der Waals surface area contributed by atoms with Crippen molar-refractivity contribution in [1.82, 2.24) is 13.9 Å². The molecule has 3 rings (SSSR count). The molecule has 1 N–H and O–H groups in total. The number of sulfonamides is 1. The third-order valence-electron chi connectivity index (χ3n) is 5.65. The lowest BCUT2D eigenvalue weighted by Crippen LogP contribution is -2.30. The second-order valence-electron chi connectivity index (χ2n) is 7.77. The van der Waals surface area contributed by atoms with E-state index in [1.807, 2.05) is 11.5 Å². The number of nitro groups is 1. The number of nitro benzene ring substituents is 1. The van der Waals surface area contributed by atoms with E-state index in [9.17, 15) is 23.3 Å². The number of thioether (sulfide) groups is 1. The number of aromatic nitrogens is 2. The lowest BCUT2D eigenvalue weighted by Gasteiger charge is -2.18. The molecule has 0 aliphatic carbocycles. The van der Waals surface area contributed by atoms with Gasteiger partial charge in [0.1, 0.15) is 5.75 Å². The van der Waals surface area contributed by atoms with Gasteiger partial charge < -0.3 is 14.6 Å². The molecular formula is C23H29N5O6S2. The standard InChI is InChI=1S/C23H29N5O6S2/c1-6-26(7-2)36(32,33)17-10-11-20-18(14-17)25-23(27(20)8-3)35-15(4)22(29)24-19-13-16(28(30)31)9-12-21(19)34-5/h9-15H,6-8H2,1-5H3,(H,24,29). The van der Waals surface area contributed by atoms with Crippen LogP contribution in [0.5, 0.6) is 5.75 Å². The van der Waals surface area contributed by atoms with Gasteiger partial charge >= 0.3 is 0 Å². The van der Waals surface area contributed by atoms with Crippen molar-refractivity contribution in [3.8, 4) is 5.75 Å². The number of benzene rings is 2. The van der Waals surface area contributed by atoms with E-state index in [4.69, 9.17) is 4.74 Å². The van der Waals surface area contributed by atoms with Crippen LogP contribution in [-0.4, -0.2) is 58.6 Å². The van der Waals surface area contributed by atoms with Crippen molar-refractivity contribution in [2.75, 3.05) is 25.5 Å². The summed E-state index contributed by atoms with van der Waals surface area (Å²) in [5.74, 6) is -0.0906. The maximum Gasteiger partial charge on any atom is 0.271 e. The monoisotopic (exact) mass is 535 g/mol. The number of non-ortho nitro benzene ring substituents is 1. The zero-order valence-electron chi connectivity index (χ0n) is 20.7. The van der Waals surface area contributed by atoms with Gasteiger partial charge in [-0.3, -0.25) is 14.9 Å². The van der Waals surface area contributed by atoms with E-state index in [-0.39, 0.29) is 16.3 Å². The number of methoxy groups -OCH3 is 1. The Morgan fingerprint density at radius 2 is 1.92 bits per heavy atom. The number of hydrogen-bond donors (Lipinski definition) is 1. The fourth-order valence-electron chi connectivity index (χ4n) is 3.71. The van der Waals surface area contributed by atoms with Crippen LogP contribution in [0.1, 0.15) is 27.7 Å². The van der Waals surface area contributed by atoms with Crippen LogP contribution < -0.4 is 10.1 Å². The molecule has 0 aliphatic rings. The molecule has 0 saturated heterocycles. The molecule has 2 aromatic carbocycles. The fraction of sp³-hybridized carbons (Fsp3) is 0.391. The van der Waals surface area contributed by atoms with Crippen molar-refractivity contribution in [3.05, 3.63) is 46.5 Å². The number of rotatable bonds is 11. The van der Waals surface area contributed by atoms with Gasteiger partial charge in [-0.25, -0.2) is 13.4 Å². The molecule has 0 fully saturated rings. The normalized spacial score (nSPS) is 12.6. The SMILES string of the molecule is CCN(CC)S(=O)(=O)c1ccc2c(c1)nc(SC(C)C(=O)Nc1cc([N+](=O)[O-])ccc1OC)n2CC. The molecule has 36 heavy (non-hydrogen) atoms. The van der Waals surface area contributed by atoms with Gasteiger partial charge in [-0.1, -0.05) is 25.6 Å². The second-order valence-corrected chi connectivity index (χ2v) is 11.0. The predicted molar refractivity (Wildman–Crippen MR) is 139 cm³/mol. The minimum absolute atomic E-state index is 0.166. The number of amides is 1. The number of hydrogen-bond acceptors (Lipinski definition) is 8. The lowest BCUT2D eigenvalue weighted by atomic mass is 10.2. The second kappa shape index (κ2) is 11.3. The van der Waals surface area contributed by atoms with Crippen LogP contribution in [0, 0.1) is 10.1 Å². The van der Waals surface area contributed by atoms with Gasteiger partial charge in [-0.2, -0.15) is 4.31 Å². The van der Waals surface area contributed by atoms with Gasteiger partial charge in [0, 0.05) is 31.8 Å². The number of nitrogens with one attached hydrogen (secondary N) is 1. The Bertz CT molecular complexity index is 1390. The molecule has 0 bridgehead atoms. The van der Waals surface area contributed by atoms with Crippen molar-refractivity contribution in [2.45, 2.75) is 49.5 Å². The third-order valence-corrected chi connectivity index (χ3v) is 8.78. The van der Waals surface area contributed by atoms with Crippen LogP contribution in [-0.2, 0) is 21.4 Å². The predicted octanol–water partition coefficient (Wildman–Crippen LogP) is 4.12. The number of imidazole rings is 1. The highest BCUT2D eigenvalue weighted by Gasteiger charge is 2.25. The van der Waals surface area contributed by atoms with E-state index in [0.29, 0.717) is 36.1 Å². The zero-order valence-corrected chi connectivity index (χ0v) is 22.4. The number of anilines is 1. The molecule has 1 atom stereocenters. The maximum atomic E-state index is 12.9. The van der Waals surface area contributed by atoms with E-state index in [2.05, 4.69) is 10.3 Å². The smallest absolute Gasteiger partial charge is 0.271 e. The molecule has 1 heterocycles. The number of carbonyl (C=O) groups excluding carboxylic acids is 1. The van der Waals surface area contributed by atoms with E-state index in [1.54, 1.807) is 39.0 Å². The number of carbonyl (C=O) groups is 1. The molecule has 1 unspecified atom stereocenters. The highest BCUT2D eigenvalue weighted by Crippen LogP contribution is 2.32. The molecule has 13 heteroatoms. The van der Waals surface area contributed by atoms with Crippen LogP contribution in [0.4, 0.5) is 11.4 Å². The van der Waals surface area contributed by atoms with Gasteiger partial charge in [0.25, 0.3) is 5.69 Å². The minimum atomic E-state index is -3.64. The highest BCUT2D eigenvalue weighted by atomic mass is 32.2. The minimum Gasteiger partial charge on any atom is -0.495 e. The Morgan fingerprint density at radius 3 is 2.50 bits per heavy atom. The summed E-state index contributed by atoms with van der Waals surface area (Å²) < 4.78 is 34.4. The van der Waals surface area contributed by atoms with E-state index < -0.39 is 26.1 Å². The molecule has 194 valence electrons. The van der Waals surface area contributed by atoms with Crippen LogP contribution in [0.3, 0.4) is 0 Å². The van der Waals surface area contributed by atoms with Gasteiger partial charge in [0.05, 0.1) is 38.9 Å². The largest absolute Gasteiger partial charge is 0.495 e. The summed E-state index contributed by atoms with van der Waals surface area (Å²) in [6.07, 6.45) is 0. The third kappa shape index (κ3) is 5.47. The Morgan fingerprint density at radius 1 is 1.22 bits per heavy atom. The molecule has 0 saturated carbocycles. The first-order valence-electron chi connectivity index (χ1n) is 11.4. The topological polar surface area (TPSA) is 137 Å². The maximum absolute atomic E-state index is 12.9. The Balaban J connectivity index is 1.88. The van der Waals surface area contributed by atoms with Crippen LogP contribution in [0.15, 0.2) is 46.5 Å². The summed E-state index contributed by atoms with van der Waals surface area (Å²) in [7, 11) is -2.23. The van der Waals surface area contributed by atoms with Crippen molar-refractivity contribution in [1.29, 1.82) is 0 Å². The van der Waals surface area contributed by atoms with Crippen molar-refractivity contribution < 1.29 is 22.9 Å². The van der Waals surface area contributed by atoms with Crippen molar-refractivity contribution in [3.63, 3.8) is 0 Å². The van der Waals surface area contributed by atoms with Gasteiger partial charge in [0.15, 0.2) is 5.16 Å².